The Labute approximate surface area is 95.2 Å². The number of hydrogen-bond acceptors (Lipinski definition) is 4. The van der Waals surface area contributed by atoms with Crippen molar-refractivity contribution in [1.82, 2.24) is 9.88 Å². The quantitative estimate of drug-likeness (QED) is 0.805. The lowest BCUT2D eigenvalue weighted by molar-refractivity contribution is 0.216. The maximum atomic E-state index is 5.99. The number of aliphatic imine (C=N–C) groups is 1. The number of hydrogen-bond donors (Lipinski definition) is 1. The molecule has 2 aliphatic rings. The Hall–Kier alpha value is -1.58. The van der Waals surface area contributed by atoms with Crippen LogP contribution < -0.4 is 5.73 Å². The first-order valence-corrected chi connectivity index (χ1v) is 5.71. The molecule has 1 atom stereocenters. The van der Waals surface area contributed by atoms with Gasteiger partial charge in [-0.1, -0.05) is 6.07 Å². The van der Waals surface area contributed by atoms with Crippen molar-refractivity contribution in [1.29, 1.82) is 0 Å². The van der Waals surface area contributed by atoms with Crippen molar-refractivity contribution in [2.24, 2.45) is 10.7 Å². The van der Waals surface area contributed by atoms with E-state index >= 15 is 0 Å². The molecule has 1 aromatic rings. The van der Waals surface area contributed by atoms with Crippen molar-refractivity contribution in [3.05, 3.63) is 30.1 Å². The van der Waals surface area contributed by atoms with Crippen molar-refractivity contribution in [2.45, 2.75) is 31.3 Å². The van der Waals surface area contributed by atoms with Crippen molar-refractivity contribution in [3.8, 4) is 0 Å². The van der Waals surface area contributed by atoms with Crippen LogP contribution in [0.15, 0.2) is 29.5 Å². The zero-order chi connectivity index (χ0) is 11.2. The second kappa shape index (κ2) is 3.20. The van der Waals surface area contributed by atoms with Crippen molar-refractivity contribution < 1.29 is 0 Å². The van der Waals surface area contributed by atoms with Gasteiger partial charge in [0.25, 0.3) is 0 Å². The molecular formula is C12H16N4. The minimum Gasteiger partial charge on any atom is -0.370 e. The third-order valence-electron chi connectivity index (χ3n) is 3.52. The van der Waals surface area contributed by atoms with Crippen LogP contribution in [0.3, 0.4) is 0 Å². The molecule has 1 aliphatic carbocycles. The van der Waals surface area contributed by atoms with Crippen molar-refractivity contribution >= 4 is 5.96 Å². The smallest absolute Gasteiger partial charge is 0.192 e. The van der Waals surface area contributed by atoms with E-state index in [1.54, 1.807) is 6.20 Å². The number of rotatable bonds is 2. The molecule has 1 fully saturated rings. The molecule has 0 aromatic carbocycles. The fourth-order valence-corrected chi connectivity index (χ4v) is 2.47. The lowest BCUT2D eigenvalue weighted by Gasteiger charge is -2.36. The number of nitrogens with two attached hydrogens (primary N) is 1. The Morgan fingerprint density at radius 1 is 1.50 bits per heavy atom. The van der Waals surface area contributed by atoms with Gasteiger partial charge < -0.3 is 10.6 Å². The third-order valence-corrected chi connectivity index (χ3v) is 3.52. The van der Waals surface area contributed by atoms with Crippen LogP contribution in [-0.4, -0.2) is 28.4 Å². The first-order chi connectivity index (χ1) is 7.72. The average Bonchev–Trinajstić information content (AvgIpc) is 3.08. The summed E-state index contributed by atoms with van der Waals surface area (Å²) in [6, 6.07) is 4.66. The molecule has 2 heterocycles. The zero-order valence-electron chi connectivity index (χ0n) is 9.43. The highest BCUT2D eigenvalue weighted by Gasteiger charge is 2.46. The highest BCUT2D eigenvalue weighted by molar-refractivity contribution is 5.82. The molecule has 84 valence electrons. The molecule has 3 rings (SSSR count). The molecule has 0 spiro atoms. The molecule has 0 bridgehead atoms. The maximum absolute atomic E-state index is 5.99. The fourth-order valence-electron chi connectivity index (χ4n) is 2.47. The van der Waals surface area contributed by atoms with Gasteiger partial charge in [0.2, 0.25) is 0 Å². The minimum absolute atomic E-state index is 0.0977. The van der Waals surface area contributed by atoms with E-state index in [0.717, 1.165) is 6.54 Å². The predicted molar refractivity (Wildman–Crippen MR) is 62.9 cm³/mol. The highest BCUT2D eigenvalue weighted by atomic mass is 15.4. The van der Waals surface area contributed by atoms with Crippen molar-refractivity contribution in [3.63, 3.8) is 0 Å². The Kier molecular flexibility index (Phi) is 1.93. The fraction of sp³-hybridized carbons (Fsp3) is 0.500. The van der Waals surface area contributed by atoms with E-state index in [0.29, 0.717) is 12.0 Å². The largest absolute Gasteiger partial charge is 0.370 e. The monoisotopic (exact) mass is 216 g/mol. The summed E-state index contributed by atoms with van der Waals surface area (Å²) in [7, 11) is 0. The van der Waals surface area contributed by atoms with Crippen LogP contribution in [0.1, 0.15) is 25.3 Å². The van der Waals surface area contributed by atoms with Gasteiger partial charge in [0.05, 0.1) is 12.1 Å². The summed E-state index contributed by atoms with van der Waals surface area (Å²) in [4.78, 5) is 10.9. The van der Waals surface area contributed by atoms with E-state index in [-0.39, 0.29) is 5.54 Å². The lowest BCUT2D eigenvalue weighted by atomic mass is 9.92. The normalized spacial score (nSPS) is 29.3. The Morgan fingerprint density at radius 2 is 2.31 bits per heavy atom. The van der Waals surface area contributed by atoms with Gasteiger partial charge in [0.15, 0.2) is 5.96 Å². The van der Waals surface area contributed by atoms with Crippen LogP contribution in [-0.2, 0) is 5.54 Å². The standard InChI is InChI=1S/C12H16N4/c1-12(9-3-2-6-14-7-9)8-15-11(13)16(12)10-4-5-10/h2-3,6-7,10H,4-5,8H2,1H3,(H2,13,15). The third kappa shape index (κ3) is 1.29. The van der Waals surface area contributed by atoms with E-state index in [1.807, 2.05) is 12.3 Å². The van der Waals surface area contributed by atoms with Crippen LogP contribution in [0.5, 0.6) is 0 Å². The molecule has 0 radical (unpaired) electrons. The summed E-state index contributed by atoms with van der Waals surface area (Å²) in [5.41, 5.74) is 7.09. The van der Waals surface area contributed by atoms with Gasteiger partial charge >= 0.3 is 0 Å². The molecule has 4 heteroatoms. The first-order valence-electron chi connectivity index (χ1n) is 5.71. The van der Waals surface area contributed by atoms with E-state index in [2.05, 4.69) is 27.9 Å². The number of aromatic nitrogens is 1. The van der Waals surface area contributed by atoms with Gasteiger partial charge in [-0.05, 0) is 31.4 Å². The Morgan fingerprint density at radius 3 is 2.94 bits per heavy atom. The lowest BCUT2D eigenvalue weighted by Crippen LogP contribution is -2.48. The molecule has 1 unspecified atom stereocenters. The summed E-state index contributed by atoms with van der Waals surface area (Å²) in [5, 5.41) is 0. The molecule has 2 N–H and O–H groups in total. The molecule has 1 saturated carbocycles. The van der Waals surface area contributed by atoms with E-state index in [4.69, 9.17) is 5.73 Å². The maximum Gasteiger partial charge on any atom is 0.192 e. The van der Waals surface area contributed by atoms with Crippen LogP contribution in [0, 0.1) is 0 Å². The topological polar surface area (TPSA) is 54.5 Å². The summed E-state index contributed by atoms with van der Waals surface area (Å²) in [6.07, 6.45) is 6.18. The van der Waals surface area contributed by atoms with Gasteiger partial charge in [0.1, 0.15) is 0 Å². The van der Waals surface area contributed by atoms with Crippen LogP contribution in [0.25, 0.3) is 0 Å². The van der Waals surface area contributed by atoms with E-state index < -0.39 is 0 Å². The van der Waals surface area contributed by atoms with Gasteiger partial charge in [0, 0.05) is 18.4 Å². The second-order valence-electron chi connectivity index (χ2n) is 4.79. The van der Waals surface area contributed by atoms with Crippen LogP contribution >= 0.6 is 0 Å². The van der Waals surface area contributed by atoms with Gasteiger partial charge in [-0.15, -0.1) is 0 Å². The molecule has 16 heavy (non-hydrogen) atoms. The van der Waals surface area contributed by atoms with Crippen LogP contribution in [0.4, 0.5) is 0 Å². The molecule has 1 aliphatic heterocycles. The zero-order valence-corrected chi connectivity index (χ0v) is 9.43. The summed E-state index contributed by atoms with van der Waals surface area (Å²) in [5.74, 6) is 0.689. The molecule has 0 amide bonds. The summed E-state index contributed by atoms with van der Waals surface area (Å²) in [6.45, 7) is 2.94. The molecule has 4 nitrogen and oxygen atoms in total. The molecule has 1 aromatic heterocycles. The highest BCUT2D eigenvalue weighted by Crippen LogP contribution is 2.40. The average molecular weight is 216 g/mol. The summed E-state index contributed by atoms with van der Waals surface area (Å²) >= 11 is 0. The predicted octanol–water partition coefficient (Wildman–Crippen LogP) is 1.09. The van der Waals surface area contributed by atoms with E-state index in [9.17, 15) is 0 Å². The Balaban J connectivity index is 1.99. The molecule has 0 saturated heterocycles. The number of pyridine rings is 1. The number of guanidine groups is 1. The minimum atomic E-state index is -0.0977. The van der Waals surface area contributed by atoms with Gasteiger partial charge in [-0.2, -0.15) is 0 Å². The summed E-state index contributed by atoms with van der Waals surface area (Å²) < 4.78 is 0. The second-order valence-corrected chi connectivity index (χ2v) is 4.79. The van der Waals surface area contributed by atoms with Gasteiger partial charge in [-0.25, -0.2) is 0 Å². The Bertz CT molecular complexity index is 424. The van der Waals surface area contributed by atoms with Crippen LogP contribution in [0.2, 0.25) is 0 Å². The van der Waals surface area contributed by atoms with E-state index in [1.165, 1.54) is 18.4 Å². The number of nitrogens with zero attached hydrogens (tertiary/aromatic N) is 3. The van der Waals surface area contributed by atoms with Crippen molar-refractivity contribution in [2.75, 3.05) is 6.54 Å². The van der Waals surface area contributed by atoms with Gasteiger partial charge in [-0.3, -0.25) is 9.98 Å². The SMILES string of the molecule is CC1(c2cccnc2)CN=C(N)N1C1CC1. The first kappa shape index (κ1) is 9.63. The molecular weight excluding hydrogens is 200 g/mol.